The molecule has 0 spiro atoms. The Balaban J connectivity index is 2.37. The van der Waals surface area contributed by atoms with Gasteiger partial charge in [0.15, 0.2) is 0 Å². The smallest absolute Gasteiger partial charge is 0.237 e. The maximum absolute atomic E-state index is 11.7. The minimum atomic E-state index is -0.466. The Morgan fingerprint density at radius 3 is 2.65 bits per heavy atom. The molecule has 17 heavy (non-hydrogen) atoms. The second kappa shape index (κ2) is 7.35. The average Bonchev–Trinajstić information content (AvgIpc) is 2.36. The molecular weight excluding hydrogens is 232 g/mol. The van der Waals surface area contributed by atoms with Crippen LogP contribution in [0.25, 0.3) is 0 Å². The molecule has 3 N–H and O–H groups in total. The van der Waals surface area contributed by atoms with Crippen LogP contribution in [0.15, 0.2) is 30.3 Å². The van der Waals surface area contributed by atoms with Crippen LogP contribution in [0.2, 0.25) is 0 Å². The van der Waals surface area contributed by atoms with Crippen molar-refractivity contribution in [1.29, 1.82) is 0 Å². The van der Waals surface area contributed by atoms with Crippen LogP contribution in [0, 0.1) is 0 Å². The van der Waals surface area contributed by atoms with Gasteiger partial charge in [0, 0.05) is 11.8 Å². The standard InChI is InChI=1S/C13H20N2OS/c1-10(17-2)9-15-13(16)12(14)8-11-6-4-3-5-7-11/h3-7,10,12H,8-9,14H2,1-2H3,(H,15,16)/t10?,12-/m0/s1. The fourth-order valence-electron chi connectivity index (χ4n) is 1.42. The number of thioether (sulfide) groups is 1. The largest absolute Gasteiger partial charge is 0.354 e. The van der Waals surface area contributed by atoms with Crippen molar-refractivity contribution in [2.75, 3.05) is 12.8 Å². The molecule has 94 valence electrons. The second-order valence-corrected chi connectivity index (χ2v) is 5.36. The molecule has 0 bridgehead atoms. The van der Waals surface area contributed by atoms with E-state index in [1.54, 1.807) is 11.8 Å². The third-order valence-corrected chi connectivity index (χ3v) is 3.57. The van der Waals surface area contributed by atoms with Crippen LogP contribution in [0.4, 0.5) is 0 Å². The summed E-state index contributed by atoms with van der Waals surface area (Å²) >= 11 is 1.73. The van der Waals surface area contributed by atoms with Crippen LogP contribution in [-0.2, 0) is 11.2 Å². The second-order valence-electron chi connectivity index (χ2n) is 4.09. The summed E-state index contributed by atoms with van der Waals surface area (Å²) in [4.78, 5) is 11.7. The number of hydrogen-bond donors (Lipinski definition) is 2. The molecular formula is C13H20N2OS. The molecule has 1 aromatic carbocycles. The molecule has 0 radical (unpaired) electrons. The summed E-state index contributed by atoms with van der Waals surface area (Å²) in [6.45, 7) is 2.75. The lowest BCUT2D eigenvalue weighted by Gasteiger charge is -2.14. The minimum absolute atomic E-state index is 0.0743. The first-order valence-corrected chi connectivity index (χ1v) is 7.02. The highest BCUT2D eigenvalue weighted by Crippen LogP contribution is 2.04. The average molecular weight is 252 g/mol. The predicted octanol–water partition coefficient (Wildman–Crippen LogP) is 1.42. The molecule has 2 atom stereocenters. The summed E-state index contributed by atoms with van der Waals surface area (Å²) in [7, 11) is 0. The van der Waals surface area contributed by atoms with E-state index < -0.39 is 6.04 Å². The van der Waals surface area contributed by atoms with Gasteiger partial charge in [-0.05, 0) is 18.2 Å². The minimum Gasteiger partial charge on any atom is -0.354 e. The summed E-state index contributed by atoms with van der Waals surface area (Å²) in [5, 5.41) is 3.29. The molecule has 3 nitrogen and oxygen atoms in total. The summed E-state index contributed by atoms with van der Waals surface area (Å²) < 4.78 is 0. The van der Waals surface area contributed by atoms with Crippen molar-refractivity contribution in [3.05, 3.63) is 35.9 Å². The van der Waals surface area contributed by atoms with Gasteiger partial charge in [-0.25, -0.2) is 0 Å². The van der Waals surface area contributed by atoms with Crippen molar-refractivity contribution in [2.24, 2.45) is 5.73 Å². The van der Waals surface area contributed by atoms with E-state index in [1.165, 1.54) is 0 Å². The summed E-state index contributed by atoms with van der Waals surface area (Å²) in [5.74, 6) is -0.0743. The molecule has 1 rings (SSSR count). The SMILES string of the molecule is CSC(C)CNC(=O)[C@@H](N)Cc1ccccc1. The van der Waals surface area contributed by atoms with Crippen LogP contribution in [0.3, 0.4) is 0 Å². The molecule has 0 saturated heterocycles. The Morgan fingerprint density at radius 1 is 1.41 bits per heavy atom. The number of carbonyl (C=O) groups is 1. The van der Waals surface area contributed by atoms with Crippen LogP contribution in [0.1, 0.15) is 12.5 Å². The van der Waals surface area contributed by atoms with Crippen molar-refractivity contribution in [3.63, 3.8) is 0 Å². The molecule has 1 aromatic rings. The molecule has 0 aliphatic heterocycles. The van der Waals surface area contributed by atoms with E-state index in [9.17, 15) is 4.79 Å². The highest BCUT2D eigenvalue weighted by Gasteiger charge is 2.14. The van der Waals surface area contributed by atoms with Gasteiger partial charge >= 0.3 is 0 Å². The monoisotopic (exact) mass is 252 g/mol. The van der Waals surface area contributed by atoms with Crippen molar-refractivity contribution in [2.45, 2.75) is 24.6 Å². The molecule has 0 saturated carbocycles. The first-order valence-electron chi connectivity index (χ1n) is 5.73. The highest BCUT2D eigenvalue weighted by atomic mass is 32.2. The first-order chi connectivity index (χ1) is 8.13. The molecule has 4 heteroatoms. The van der Waals surface area contributed by atoms with Crippen molar-refractivity contribution < 1.29 is 4.79 Å². The van der Waals surface area contributed by atoms with Gasteiger partial charge in [-0.3, -0.25) is 4.79 Å². The number of hydrogen-bond acceptors (Lipinski definition) is 3. The zero-order valence-electron chi connectivity index (χ0n) is 10.3. The topological polar surface area (TPSA) is 55.1 Å². The Labute approximate surface area is 107 Å². The van der Waals surface area contributed by atoms with Gasteiger partial charge in [-0.15, -0.1) is 0 Å². The number of nitrogens with one attached hydrogen (secondary N) is 1. The normalized spacial score (nSPS) is 14.1. The van der Waals surface area contributed by atoms with Crippen molar-refractivity contribution in [1.82, 2.24) is 5.32 Å². The van der Waals surface area contributed by atoms with Gasteiger partial charge < -0.3 is 11.1 Å². The van der Waals surface area contributed by atoms with E-state index in [0.29, 0.717) is 18.2 Å². The molecule has 1 amide bonds. The summed E-state index contributed by atoms with van der Waals surface area (Å²) in [6.07, 6.45) is 2.61. The number of nitrogens with two attached hydrogens (primary N) is 1. The van der Waals surface area contributed by atoms with E-state index in [0.717, 1.165) is 5.56 Å². The quantitative estimate of drug-likeness (QED) is 0.805. The van der Waals surface area contributed by atoms with E-state index in [4.69, 9.17) is 5.73 Å². The van der Waals surface area contributed by atoms with Gasteiger partial charge in [0.25, 0.3) is 0 Å². The lowest BCUT2D eigenvalue weighted by molar-refractivity contribution is -0.122. The number of carbonyl (C=O) groups excluding carboxylic acids is 1. The number of benzene rings is 1. The maximum Gasteiger partial charge on any atom is 0.237 e. The van der Waals surface area contributed by atoms with Crippen LogP contribution in [0.5, 0.6) is 0 Å². The van der Waals surface area contributed by atoms with Crippen LogP contribution < -0.4 is 11.1 Å². The zero-order valence-corrected chi connectivity index (χ0v) is 11.2. The fourth-order valence-corrected chi connectivity index (χ4v) is 1.67. The third kappa shape index (κ3) is 5.24. The van der Waals surface area contributed by atoms with Crippen LogP contribution in [-0.4, -0.2) is 30.0 Å². The molecule has 0 aliphatic rings. The number of amides is 1. The van der Waals surface area contributed by atoms with Crippen molar-refractivity contribution >= 4 is 17.7 Å². The predicted molar refractivity (Wildman–Crippen MR) is 74.1 cm³/mol. The lowest BCUT2D eigenvalue weighted by atomic mass is 10.1. The van der Waals surface area contributed by atoms with Gasteiger partial charge in [0.05, 0.1) is 6.04 Å². The molecule has 0 aliphatic carbocycles. The summed E-state index contributed by atoms with van der Waals surface area (Å²) in [5.41, 5.74) is 6.95. The molecule has 1 unspecified atom stereocenters. The van der Waals surface area contributed by atoms with E-state index in [-0.39, 0.29) is 5.91 Å². The Hall–Kier alpha value is -1.00. The fraction of sp³-hybridized carbons (Fsp3) is 0.462. The van der Waals surface area contributed by atoms with Crippen molar-refractivity contribution in [3.8, 4) is 0 Å². The van der Waals surface area contributed by atoms with Gasteiger partial charge in [0.2, 0.25) is 5.91 Å². The van der Waals surface area contributed by atoms with E-state index in [2.05, 4.69) is 12.2 Å². The summed E-state index contributed by atoms with van der Waals surface area (Å²) in [6, 6.07) is 9.36. The van der Waals surface area contributed by atoms with E-state index in [1.807, 2.05) is 36.6 Å². The van der Waals surface area contributed by atoms with Crippen LogP contribution >= 0.6 is 11.8 Å². The van der Waals surface area contributed by atoms with Gasteiger partial charge in [-0.2, -0.15) is 11.8 Å². The third-order valence-electron chi connectivity index (χ3n) is 2.60. The van der Waals surface area contributed by atoms with Gasteiger partial charge in [0.1, 0.15) is 0 Å². The first kappa shape index (κ1) is 14.1. The van der Waals surface area contributed by atoms with Gasteiger partial charge in [-0.1, -0.05) is 37.3 Å². The van der Waals surface area contributed by atoms with E-state index >= 15 is 0 Å². The zero-order chi connectivity index (χ0) is 12.7. The Bertz CT molecular complexity index is 343. The Kier molecular flexibility index (Phi) is 6.08. The highest BCUT2D eigenvalue weighted by molar-refractivity contribution is 7.99. The lowest BCUT2D eigenvalue weighted by Crippen LogP contribution is -2.43. The molecule has 0 heterocycles. The molecule has 0 fully saturated rings. The Morgan fingerprint density at radius 2 is 2.06 bits per heavy atom. The maximum atomic E-state index is 11.7. The number of rotatable bonds is 6. The molecule has 0 aromatic heterocycles.